The highest BCUT2D eigenvalue weighted by atomic mass is 16.5. The molecule has 5 rings (SSSR count). The number of hydrogen-bond acceptors (Lipinski definition) is 2. The molecule has 0 saturated heterocycles. The minimum atomic E-state index is 0.0235. The van der Waals surface area contributed by atoms with Crippen LogP contribution >= 0.6 is 0 Å². The Balaban J connectivity index is 1.54. The van der Waals surface area contributed by atoms with Crippen molar-refractivity contribution in [3.05, 3.63) is 155 Å². The van der Waals surface area contributed by atoms with Crippen LogP contribution in [0.25, 0.3) is 23.2 Å². The molecule has 2 heteroatoms. The molecule has 0 N–H and O–H groups in total. The van der Waals surface area contributed by atoms with Gasteiger partial charge in [-0.1, -0.05) is 115 Å². The molecule has 0 atom stereocenters. The van der Waals surface area contributed by atoms with Crippen LogP contribution in [0.2, 0.25) is 0 Å². The first-order valence-electron chi connectivity index (χ1n) is 10.9. The number of ketones is 1. The summed E-state index contributed by atoms with van der Waals surface area (Å²) in [6.07, 6.45) is 15.0. The van der Waals surface area contributed by atoms with Gasteiger partial charge in [0.1, 0.15) is 11.5 Å². The lowest BCUT2D eigenvalue weighted by atomic mass is 10.00. The van der Waals surface area contributed by atoms with Gasteiger partial charge in [-0.25, -0.2) is 0 Å². The molecule has 0 amide bonds. The lowest BCUT2D eigenvalue weighted by Gasteiger charge is -2.18. The summed E-state index contributed by atoms with van der Waals surface area (Å²) in [6.45, 7) is 0. The van der Waals surface area contributed by atoms with Gasteiger partial charge in [0.25, 0.3) is 0 Å². The Labute approximate surface area is 193 Å². The van der Waals surface area contributed by atoms with Crippen LogP contribution in [0.3, 0.4) is 0 Å². The van der Waals surface area contributed by atoms with Gasteiger partial charge in [0, 0.05) is 16.4 Å². The first kappa shape index (κ1) is 20.5. The minimum Gasteiger partial charge on any atom is -0.456 e. The molecule has 3 aromatic rings. The average molecular weight is 427 g/mol. The van der Waals surface area contributed by atoms with E-state index in [0.717, 1.165) is 38.7 Å². The summed E-state index contributed by atoms with van der Waals surface area (Å²) in [7, 11) is 0. The van der Waals surface area contributed by atoms with E-state index < -0.39 is 0 Å². The van der Waals surface area contributed by atoms with Crippen LogP contribution < -0.4 is 10.4 Å². The molecule has 2 nitrogen and oxygen atoms in total. The second kappa shape index (κ2) is 9.37. The lowest BCUT2D eigenvalue weighted by Crippen LogP contribution is -2.13. The van der Waals surface area contributed by atoms with Crippen LogP contribution in [0.4, 0.5) is 0 Å². The zero-order chi connectivity index (χ0) is 22.5. The van der Waals surface area contributed by atoms with Gasteiger partial charge in [0.15, 0.2) is 5.78 Å². The van der Waals surface area contributed by atoms with E-state index in [-0.39, 0.29) is 5.78 Å². The van der Waals surface area contributed by atoms with Crippen molar-refractivity contribution in [2.75, 3.05) is 0 Å². The van der Waals surface area contributed by atoms with Crippen molar-refractivity contribution < 1.29 is 9.53 Å². The molecule has 1 heterocycles. The maximum atomic E-state index is 11.9. The first-order valence-corrected chi connectivity index (χ1v) is 10.9. The van der Waals surface area contributed by atoms with Gasteiger partial charge >= 0.3 is 0 Å². The van der Waals surface area contributed by atoms with Crippen molar-refractivity contribution in [1.29, 1.82) is 0 Å². The fraction of sp³-hybridized carbons (Fsp3) is 0. The minimum absolute atomic E-state index is 0.0235. The normalized spacial score (nSPS) is 16.3. The predicted molar refractivity (Wildman–Crippen MR) is 135 cm³/mol. The molecule has 1 aliphatic heterocycles. The molecule has 3 aromatic carbocycles. The van der Waals surface area contributed by atoms with E-state index in [4.69, 9.17) is 4.74 Å². The van der Waals surface area contributed by atoms with Crippen molar-refractivity contribution in [2.24, 2.45) is 0 Å². The topological polar surface area (TPSA) is 26.3 Å². The number of ether oxygens (including phenoxy) is 1. The molecule has 158 valence electrons. The van der Waals surface area contributed by atoms with Crippen molar-refractivity contribution in [2.45, 2.75) is 0 Å². The lowest BCUT2D eigenvalue weighted by molar-refractivity contribution is -0.111. The van der Waals surface area contributed by atoms with E-state index in [1.807, 2.05) is 85.0 Å². The Hall–Kier alpha value is -4.43. The number of allylic oxidation sites excluding steroid dienone is 8. The fourth-order valence-corrected chi connectivity index (χ4v) is 3.75. The van der Waals surface area contributed by atoms with E-state index in [1.165, 1.54) is 0 Å². The SMILES string of the molecule is O=C1C=CC=C/C1=C/C=c1ccc(=C2C=C(c3ccccc3)C=C(c3ccccc3)O2)cc1. The molecule has 1 aliphatic carbocycles. The van der Waals surface area contributed by atoms with E-state index in [1.54, 1.807) is 12.2 Å². The van der Waals surface area contributed by atoms with Crippen LogP contribution in [0.5, 0.6) is 0 Å². The Morgan fingerprint density at radius 1 is 0.636 bits per heavy atom. The van der Waals surface area contributed by atoms with Gasteiger partial charge in [-0.05, 0) is 34.6 Å². The van der Waals surface area contributed by atoms with E-state index in [2.05, 4.69) is 36.4 Å². The molecular formula is C31H22O2. The Kier molecular flexibility index (Phi) is 5.81. The van der Waals surface area contributed by atoms with Crippen LogP contribution in [0.1, 0.15) is 11.1 Å². The molecule has 2 aliphatic rings. The van der Waals surface area contributed by atoms with E-state index >= 15 is 0 Å². The van der Waals surface area contributed by atoms with Crippen molar-refractivity contribution >= 4 is 29.0 Å². The third-order valence-electron chi connectivity index (χ3n) is 5.53. The van der Waals surface area contributed by atoms with E-state index in [0.29, 0.717) is 5.57 Å². The highest BCUT2D eigenvalue weighted by molar-refractivity contribution is 6.08. The summed E-state index contributed by atoms with van der Waals surface area (Å²) in [4.78, 5) is 11.9. The van der Waals surface area contributed by atoms with Gasteiger partial charge in [-0.3, -0.25) is 4.79 Å². The van der Waals surface area contributed by atoms with Crippen LogP contribution in [0, 0.1) is 0 Å². The quantitative estimate of drug-likeness (QED) is 0.528. The summed E-state index contributed by atoms with van der Waals surface area (Å²) in [5, 5.41) is 2.01. The summed E-state index contributed by atoms with van der Waals surface area (Å²) >= 11 is 0. The monoisotopic (exact) mass is 426 g/mol. The van der Waals surface area contributed by atoms with Crippen LogP contribution in [-0.2, 0) is 9.53 Å². The molecule has 0 spiro atoms. The van der Waals surface area contributed by atoms with Crippen LogP contribution in [0.15, 0.2) is 133 Å². The maximum Gasteiger partial charge on any atom is 0.185 e. The molecule has 33 heavy (non-hydrogen) atoms. The number of carbonyl (C=O) groups excluding carboxylic acids is 1. The van der Waals surface area contributed by atoms with Gasteiger partial charge in [-0.15, -0.1) is 0 Å². The third-order valence-corrected chi connectivity index (χ3v) is 5.53. The van der Waals surface area contributed by atoms with Crippen LogP contribution in [-0.4, -0.2) is 5.78 Å². The number of rotatable bonds is 3. The molecule has 0 aromatic heterocycles. The number of hydrogen-bond donors (Lipinski definition) is 0. The largest absolute Gasteiger partial charge is 0.456 e. The fourth-order valence-electron chi connectivity index (χ4n) is 3.75. The van der Waals surface area contributed by atoms with Gasteiger partial charge in [-0.2, -0.15) is 0 Å². The molecule has 0 saturated carbocycles. The van der Waals surface area contributed by atoms with Gasteiger partial charge < -0.3 is 4.74 Å². The average Bonchev–Trinajstić information content (AvgIpc) is 2.89. The molecule has 0 bridgehead atoms. The smallest absolute Gasteiger partial charge is 0.185 e. The second-order valence-corrected chi connectivity index (χ2v) is 7.80. The summed E-state index contributed by atoms with van der Waals surface area (Å²) in [5.41, 5.74) is 3.96. The maximum absolute atomic E-state index is 11.9. The predicted octanol–water partition coefficient (Wildman–Crippen LogP) is 5.35. The van der Waals surface area contributed by atoms with Gasteiger partial charge in [0.2, 0.25) is 0 Å². The zero-order valence-electron chi connectivity index (χ0n) is 18.0. The van der Waals surface area contributed by atoms with Gasteiger partial charge in [0.05, 0.1) is 0 Å². The number of carbonyl (C=O) groups is 1. The Morgan fingerprint density at radius 2 is 1.30 bits per heavy atom. The third kappa shape index (κ3) is 4.76. The first-order chi connectivity index (χ1) is 16.3. The van der Waals surface area contributed by atoms with Crippen molar-refractivity contribution in [3.8, 4) is 0 Å². The summed E-state index contributed by atoms with van der Waals surface area (Å²) in [6, 6.07) is 28.6. The molecule has 0 unspecified atom stereocenters. The highest BCUT2D eigenvalue weighted by Crippen LogP contribution is 2.31. The van der Waals surface area contributed by atoms with E-state index in [9.17, 15) is 4.79 Å². The van der Waals surface area contributed by atoms with Crippen molar-refractivity contribution in [1.82, 2.24) is 0 Å². The highest BCUT2D eigenvalue weighted by Gasteiger charge is 2.14. The molecule has 0 fully saturated rings. The second-order valence-electron chi connectivity index (χ2n) is 7.80. The summed E-state index contributed by atoms with van der Waals surface area (Å²) in [5.74, 6) is 1.65. The standard InChI is InChI=1S/C31H22O2/c32-29-14-8-7-11-25(29)18-15-23-16-19-27(20-17-23)31-22-28(24-9-3-1-4-10-24)21-30(33-31)26-12-5-2-6-13-26/h1-22H/b23-15?,25-18-,31-27?. The number of benzene rings is 3. The Bertz CT molecular complexity index is 1440. The zero-order valence-corrected chi connectivity index (χ0v) is 18.0. The molecular weight excluding hydrogens is 404 g/mol. The Morgan fingerprint density at radius 3 is 2.00 bits per heavy atom. The summed E-state index contributed by atoms with van der Waals surface area (Å²) < 4.78 is 6.34. The molecule has 0 radical (unpaired) electrons. The van der Waals surface area contributed by atoms with Crippen molar-refractivity contribution in [3.63, 3.8) is 0 Å².